The first-order valence-electron chi connectivity index (χ1n) is 7.43. The van der Waals surface area contributed by atoms with Crippen LogP contribution in [0.3, 0.4) is 0 Å². The number of amides is 1. The summed E-state index contributed by atoms with van der Waals surface area (Å²) in [4.78, 5) is 18.8. The number of hydrogen-bond acceptors (Lipinski definition) is 3. The van der Waals surface area contributed by atoms with Gasteiger partial charge in [-0.1, -0.05) is 24.6 Å². The summed E-state index contributed by atoms with van der Waals surface area (Å²) in [5.74, 6) is 0.882. The van der Waals surface area contributed by atoms with E-state index in [1.807, 2.05) is 36.7 Å². The van der Waals surface area contributed by atoms with E-state index in [1.54, 1.807) is 17.2 Å². The van der Waals surface area contributed by atoms with Crippen LogP contribution in [0, 0.1) is 0 Å². The largest absolute Gasteiger partial charge is 0.485 e. The highest BCUT2D eigenvalue weighted by Gasteiger charge is 2.32. The number of carbonyl (C=O) groups is 1. The molecule has 1 aromatic carbocycles. The van der Waals surface area contributed by atoms with Crippen LogP contribution < -0.4 is 9.64 Å². The van der Waals surface area contributed by atoms with Crippen LogP contribution >= 0.6 is 11.6 Å². The Balaban J connectivity index is 2.03. The predicted molar refractivity (Wildman–Crippen MR) is 85.7 cm³/mol. The lowest BCUT2D eigenvalue weighted by molar-refractivity contribution is 0.0940. The number of aryl methyl sites for hydroxylation is 1. The van der Waals surface area contributed by atoms with Crippen LogP contribution in [0.5, 0.6) is 5.75 Å². The number of benzene rings is 1. The summed E-state index contributed by atoms with van der Waals surface area (Å²) < 4.78 is 7.75. The van der Waals surface area contributed by atoms with Gasteiger partial charge in [-0.2, -0.15) is 0 Å². The van der Waals surface area contributed by atoms with E-state index in [1.165, 1.54) is 0 Å². The number of hydrogen-bond donors (Lipinski definition) is 0. The quantitative estimate of drug-likeness (QED) is 0.871. The number of nitrogens with zero attached hydrogens (tertiary/aromatic N) is 3. The van der Waals surface area contributed by atoms with Crippen molar-refractivity contribution in [2.24, 2.45) is 0 Å². The van der Waals surface area contributed by atoms with E-state index in [0.717, 1.165) is 6.42 Å². The average Bonchev–Trinajstić information content (AvgIpc) is 3.02. The van der Waals surface area contributed by atoms with Gasteiger partial charge < -0.3 is 9.30 Å². The first kappa shape index (κ1) is 14.9. The van der Waals surface area contributed by atoms with E-state index in [0.29, 0.717) is 35.4 Å². The second-order valence-electron chi connectivity index (χ2n) is 5.19. The molecule has 0 radical (unpaired) electrons. The van der Waals surface area contributed by atoms with Gasteiger partial charge in [0.2, 0.25) is 0 Å². The molecule has 6 heteroatoms. The number of carbonyl (C=O) groups excluding carboxylic acids is 1. The normalized spacial score (nSPS) is 17.0. The number of ether oxygens (including phenoxy) is 1. The number of rotatable bonds is 3. The molecule has 1 unspecified atom stereocenters. The molecule has 2 aromatic rings. The molecule has 0 saturated heterocycles. The van der Waals surface area contributed by atoms with Gasteiger partial charge in [0, 0.05) is 18.9 Å². The molecular weight excluding hydrogens is 302 g/mol. The van der Waals surface area contributed by atoms with Crippen molar-refractivity contribution in [3.8, 4) is 5.75 Å². The molecule has 1 aliphatic heterocycles. The van der Waals surface area contributed by atoms with Crippen LogP contribution in [0.1, 0.15) is 30.9 Å². The zero-order valence-electron chi connectivity index (χ0n) is 12.6. The smallest absolute Gasteiger partial charge is 0.294 e. The van der Waals surface area contributed by atoms with Crippen LogP contribution in [0.4, 0.5) is 5.69 Å². The van der Waals surface area contributed by atoms with Gasteiger partial charge in [-0.25, -0.2) is 4.98 Å². The second-order valence-corrected chi connectivity index (χ2v) is 5.60. The second kappa shape index (κ2) is 6.01. The van der Waals surface area contributed by atoms with Crippen LogP contribution in [0.2, 0.25) is 5.02 Å². The van der Waals surface area contributed by atoms with E-state index < -0.39 is 0 Å². The van der Waals surface area contributed by atoms with Crippen LogP contribution in [-0.4, -0.2) is 28.1 Å². The predicted octanol–water partition coefficient (Wildman–Crippen LogP) is 3.37. The van der Waals surface area contributed by atoms with Gasteiger partial charge in [-0.3, -0.25) is 9.69 Å². The van der Waals surface area contributed by atoms with Crippen molar-refractivity contribution in [1.82, 2.24) is 9.55 Å². The summed E-state index contributed by atoms with van der Waals surface area (Å²) in [6.45, 7) is 5.21. The average molecular weight is 320 g/mol. The number of aromatic nitrogens is 2. The molecule has 0 fully saturated rings. The van der Waals surface area contributed by atoms with E-state index in [2.05, 4.69) is 4.98 Å². The van der Waals surface area contributed by atoms with Crippen molar-refractivity contribution >= 4 is 23.2 Å². The van der Waals surface area contributed by atoms with Crippen molar-refractivity contribution in [1.29, 1.82) is 0 Å². The molecule has 2 heterocycles. The molecule has 0 aliphatic carbocycles. The Kier molecular flexibility index (Phi) is 4.07. The monoisotopic (exact) mass is 319 g/mol. The Hall–Kier alpha value is -2.01. The Labute approximate surface area is 134 Å². The Morgan fingerprint density at radius 3 is 3.00 bits per heavy atom. The van der Waals surface area contributed by atoms with E-state index >= 15 is 0 Å². The maximum Gasteiger partial charge on any atom is 0.294 e. The minimum Gasteiger partial charge on any atom is -0.485 e. The summed E-state index contributed by atoms with van der Waals surface area (Å²) in [5.41, 5.74) is 0.702. The molecule has 116 valence electrons. The van der Waals surface area contributed by atoms with Gasteiger partial charge >= 0.3 is 0 Å². The zero-order chi connectivity index (χ0) is 15.7. The Bertz CT molecular complexity index is 698. The first-order valence-corrected chi connectivity index (χ1v) is 7.81. The molecule has 0 saturated carbocycles. The van der Waals surface area contributed by atoms with Gasteiger partial charge in [0.15, 0.2) is 11.6 Å². The van der Waals surface area contributed by atoms with Gasteiger partial charge in [-0.15, -0.1) is 0 Å². The molecule has 0 bridgehead atoms. The van der Waals surface area contributed by atoms with Crippen LogP contribution in [0.15, 0.2) is 30.6 Å². The van der Waals surface area contributed by atoms with Crippen molar-refractivity contribution in [3.63, 3.8) is 0 Å². The summed E-state index contributed by atoms with van der Waals surface area (Å²) in [7, 11) is 0. The summed E-state index contributed by atoms with van der Waals surface area (Å²) in [6.07, 6.45) is 4.19. The summed E-state index contributed by atoms with van der Waals surface area (Å²) in [6, 6.07) is 5.45. The highest BCUT2D eigenvalue weighted by atomic mass is 35.5. The zero-order valence-corrected chi connectivity index (χ0v) is 13.4. The summed E-state index contributed by atoms with van der Waals surface area (Å²) in [5, 5.41) is 0.521. The molecule has 5 nitrogen and oxygen atoms in total. The van der Waals surface area contributed by atoms with E-state index in [9.17, 15) is 4.79 Å². The lowest BCUT2D eigenvalue weighted by atomic mass is 10.1. The molecule has 3 rings (SSSR count). The highest BCUT2D eigenvalue weighted by Crippen LogP contribution is 2.40. The third-order valence-corrected chi connectivity index (χ3v) is 4.15. The number of anilines is 1. The van der Waals surface area contributed by atoms with Gasteiger partial charge in [0.25, 0.3) is 5.91 Å². The molecule has 22 heavy (non-hydrogen) atoms. The minimum absolute atomic E-state index is 0.0682. The third-order valence-electron chi connectivity index (χ3n) is 3.86. The number of fused-ring (bicyclic) bond motifs is 1. The number of imidazole rings is 1. The molecule has 1 aliphatic rings. The molecule has 0 N–H and O–H groups in total. The van der Waals surface area contributed by atoms with Crippen LogP contribution in [-0.2, 0) is 6.54 Å². The van der Waals surface area contributed by atoms with Gasteiger partial charge in [0.05, 0.1) is 17.3 Å². The highest BCUT2D eigenvalue weighted by molar-refractivity contribution is 6.32. The van der Waals surface area contributed by atoms with E-state index in [-0.39, 0.29) is 12.0 Å². The molecule has 1 aromatic heterocycles. The maximum atomic E-state index is 12.9. The fraction of sp³-hybridized carbons (Fsp3) is 0.375. The maximum absolute atomic E-state index is 12.9. The van der Waals surface area contributed by atoms with Crippen molar-refractivity contribution in [2.75, 3.05) is 11.4 Å². The van der Waals surface area contributed by atoms with Crippen LogP contribution in [0.25, 0.3) is 0 Å². The van der Waals surface area contributed by atoms with Gasteiger partial charge in [0.1, 0.15) is 6.10 Å². The Morgan fingerprint density at radius 2 is 2.27 bits per heavy atom. The first-order chi connectivity index (χ1) is 10.7. The molecule has 1 atom stereocenters. The van der Waals surface area contributed by atoms with Gasteiger partial charge in [-0.05, 0) is 25.5 Å². The number of halogens is 1. The fourth-order valence-electron chi connectivity index (χ4n) is 2.62. The third kappa shape index (κ3) is 2.46. The Morgan fingerprint density at radius 1 is 1.45 bits per heavy atom. The SMILES string of the molecule is CCC1CN(C(=O)c2nccn2CC)c2cccc(Cl)c2O1. The molecule has 0 spiro atoms. The topological polar surface area (TPSA) is 47.4 Å². The lowest BCUT2D eigenvalue weighted by Gasteiger charge is -2.34. The van der Waals surface area contributed by atoms with E-state index in [4.69, 9.17) is 16.3 Å². The lowest BCUT2D eigenvalue weighted by Crippen LogP contribution is -2.44. The standard InChI is InChI=1S/C16H18ClN3O2/c1-3-11-10-20(13-7-5-6-12(17)14(13)22-11)16(21)15-18-8-9-19(15)4-2/h5-9,11H,3-4,10H2,1-2H3. The van der Waals surface area contributed by atoms with Crippen molar-refractivity contribution in [2.45, 2.75) is 32.9 Å². The fourth-order valence-corrected chi connectivity index (χ4v) is 2.83. The minimum atomic E-state index is -0.128. The summed E-state index contributed by atoms with van der Waals surface area (Å²) >= 11 is 6.23. The number of para-hydroxylation sites is 1. The van der Waals surface area contributed by atoms with Crippen molar-refractivity contribution < 1.29 is 9.53 Å². The molecule has 1 amide bonds. The van der Waals surface area contributed by atoms with Crippen molar-refractivity contribution in [3.05, 3.63) is 41.4 Å². The molecular formula is C16H18ClN3O2.